The van der Waals surface area contributed by atoms with Crippen LogP contribution in [0.5, 0.6) is 0 Å². The van der Waals surface area contributed by atoms with E-state index in [0.29, 0.717) is 29.5 Å². The molecule has 1 atom stereocenters. The molecule has 2 N–H and O–H groups in total. The molecule has 10 heteroatoms. The molecule has 0 saturated carbocycles. The highest BCUT2D eigenvalue weighted by Gasteiger charge is 2.20. The fourth-order valence-electron chi connectivity index (χ4n) is 2.92. The Kier molecular flexibility index (Phi) is 5.02. The molecule has 1 aliphatic rings. The van der Waals surface area contributed by atoms with Gasteiger partial charge in [0.1, 0.15) is 12.0 Å². The van der Waals surface area contributed by atoms with E-state index >= 15 is 0 Å². The zero-order valence-corrected chi connectivity index (χ0v) is 15.7. The van der Waals surface area contributed by atoms with Gasteiger partial charge in [-0.3, -0.25) is 10.3 Å². The number of hydrogen-bond acceptors (Lipinski definition) is 8. The predicted molar refractivity (Wildman–Crippen MR) is 103 cm³/mol. The summed E-state index contributed by atoms with van der Waals surface area (Å²) in [5.74, 6) is 0.576. The maximum absolute atomic E-state index is 12.5. The van der Waals surface area contributed by atoms with Crippen LogP contribution in [0.25, 0.3) is 22.4 Å². The van der Waals surface area contributed by atoms with Crippen molar-refractivity contribution >= 4 is 28.8 Å². The lowest BCUT2D eigenvalue weighted by Crippen LogP contribution is -2.41. The second-order valence-corrected chi connectivity index (χ2v) is 6.69. The minimum atomic E-state index is -0.401. The average molecular weight is 383 g/mol. The second kappa shape index (κ2) is 7.77. The van der Waals surface area contributed by atoms with Gasteiger partial charge in [0.15, 0.2) is 0 Å². The molecule has 3 aromatic rings. The molecule has 0 aliphatic carbocycles. The number of hydrogen-bond donors (Lipinski definition) is 2. The van der Waals surface area contributed by atoms with Gasteiger partial charge in [-0.2, -0.15) is 0 Å². The number of urea groups is 1. The first kappa shape index (κ1) is 18.1. The molecule has 0 bridgehead atoms. The number of nitrogens with one attached hydrogen (secondary N) is 2. The molecule has 10 nitrogen and oxygen atoms in total. The van der Waals surface area contributed by atoms with Gasteiger partial charge in [0.25, 0.3) is 5.89 Å². The minimum Gasteiger partial charge on any atom is -0.403 e. The zero-order valence-electron chi connectivity index (χ0n) is 15.7. The molecule has 1 saturated heterocycles. The SMILES string of the molecule is CN(C)c1nnc(-c2cc3cnccc3nc2NC(=O)NC2CCCCO2)o1. The highest BCUT2D eigenvalue weighted by Crippen LogP contribution is 2.30. The number of amides is 2. The van der Waals surface area contributed by atoms with Crippen molar-refractivity contribution in [3.05, 3.63) is 24.5 Å². The summed E-state index contributed by atoms with van der Waals surface area (Å²) in [6.07, 6.45) is 5.85. The van der Waals surface area contributed by atoms with Crippen LogP contribution in [-0.4, -0.2) is 53.1 Å². The van der Waals surface area contributed by atoms with E-state index in [1.54, 1.807) is 37.5 Å². The quantitative estimate of drug-likeness (QED) is 0.705. The Bertz CT molecular complexity index is 982. The van der Waals surface area contributed by atoms with Crippen LogP contribution in [0.15, 0.2) is 28.9 Å². The maximum atomic E-state index is 12.5. The number of anilines is 2. The van der Waals surface area contributed by atoms with Crippen molar-refractivity contribution in [1.82, 2.24) is 25.5 Å². The van der Waals surface area contributed by atoms with Crippen molar-refractivity contribution in [3.8, 4) is 11.5 Å². The highest BCUT2D eigenvalue weighted by atomic mass is 16.5. The van der Waals surface area contributed by atoms with Crippen molar-refractivity contribution in [3.63, 3.8) is 0 Å². The van der Waals surface area contributed by atoms with Crippen molar-refractivity contribution in [2.75, 3.05) is 30.9 Å². The summed E-state index contributed by atoms with van der Waals surface area (Å²) in [5, 5.41) is 14.5. The third kappa shape index (κ3) is 3.86. The van der Waals surface area contributed by atoms with Gasteiger partial charge in [0.2, 0.25) is 0 Å². The van der Waals surface area contributed by atoms with Crippen LogP contribution in [0.1, 0.15) is 19.3 Å². The summed E-state index contributed by atoms with van der Waals surface area (Å²) >= 11 is 0. The summed E-state index contributed by atoms with van der Waals surface area (Å²) in [4.78, 5) is 22.8. The lowest BCUT2D eigenvalue weighted by molar-refractivity contribution is 0.00342. The van der Waals surface area contributed by atoms with E-state index in [9.17, 15) is 4.79 Å². The molecule has 1 fully saturated rings. The number of fused-ring (bicyclic) bond motifs is 1. The van der Waals surface area contributed by atoms with Crippen LogP contribution >= 0.6 is 0 Å². The number of aromatic nitrogens is 4. The first-order chi connectivity index (χ1) is 13.6. The maximum Gasteiger partial charge on any atom is 0.322 e. The summed E-state index contributed by atoms with van der Waals surface area (Å²) < 4.78 is 11.3. The van der Waals surface area contributed by atoms with E-state index in [0.717, 1.165) is 24.6 Å². The Morgan fingerprint density at radius 2 is 2.18 bits per heavy atom. The molecule has 2 amide bonds. The van der Waals surface area contributed by atoms with Crippen LogP contribution in [0.4, 0.5) is 16.6 Å². The van der Waals surface area contributed by atoms with Gasteiger partial charge < -0.3 is 19.4 Å². The summed E-state index contributed by atoms with van der Waals surface area (Å²) in [5.41, 5.74) is 1.20. The molecule has 0 spiro atoms. The third-order valence-corrected chi connectivity index (χ3v) is 4.35. The monoisotopic (exact) mass is 383 g/mol. The molecule has 28 heavy (non-hydrogen) atoms. The van der Waals surface area contributed by atoms with E-state index in [1.165, 1.54) is 0 Å². The molecule has 1 aliphatic heterocycles. The average Bonchev–Trinajstić information content (AvgIpc) is 3.18. The van der Waals surface area contributed by atoms with Gasteiger partial charge in [-0.25, -0.2) is 9.78 Å². The van der Waals surface area contributed by atoms with Gasteiger partial charge in [0, 0.05) is 38.5 Å². The molecule has 0 radical (unpaired) electrons. The van der Waals surface area contributed by atoms with Gasteiger partial charge in [-0.05, 0) is 31.4 Å². The van der Waals surface area contributed by atoms with Gasteiger partial charge in [-0.1, -0.05) is 5.10 Å². The number of rotatable bonds is 4. The Hall–Kier alpha value is -3.27. The molecule has 4 rings (SSSR count). The van der Waals surface area contributed by atoms with Crippen LogP contribution in [0.2, 0.25) is 0 Å². The molecule has 4 heterocycles. The second-order valence-electron chi connectivity index (χ2n) is 6.69. The van der Waals surface area contributed by atoms with E-state index in [2.05, 4.69) is 30.8 Å². The lowest BCUT2D eigenvalue weighted by atomic mass is 10.2. The van der Waals surface area contributed by atoms with Gasteiger partial charge >= 0.3 is 12.0 Å². The molecule has 0 aromatic carbocycles. The van der Waals surface area contributed by atoms with E-state index in [1.807, 2.05) is 6.07 Å². The number of nitrogens with zero attached hydrogens (tertiary/aromatic N) is 5. The fraction of sp³-hybridized carbons (Fsp3) is 0.389. The lowest BCUT2D eigenvalue weighted by Gasteiger charge is -2.23. The first-order valence-corrected chi connectivity index (χ1v) is 9.05. The molecule has 1 unspecified atom stereocenters. The Labute approximate surface area is 161 Å². The van der Waals surface area contributed by atoms with E-state index in [4.69, 9.17) is 9.15 Å². The van der Waals surface area contributed by atoms with Gasteiger partial charge in [-0.15, -0.1) is 5.10 Å². The summed E-state index contributed by atoms with van der Waals surface area (Å²) in [6.45, 7) is 0.646. The van der Waals surface area contributed by atoms with E-state index < -0.39 is 6.03 Å². The topological polar surface area (TPSA) is 118 Å². The van der Waals surface area contributed by atoms with Crippen LogP contribution in [0, 0.1) is 0 Å². The van der Waals surface area contributed by atoms with Crippen LogP contribution in [0.3, 0.4) is 0 Å². The zero-order chi connectivity index (χ0) is 19.5. The molecular weight excluding hydrogens is 362 g/mol. The van der Waals surface area contributed by atoms with Crippen molar-refractivity contribution in [2.45, 2.75) is 25.5 Å². The fourth-order valence-corrected chi connectivity index (χ4v) is 2.92. The van der Waals surface area contributed by atoms with Crippen molar-refractivity contribution in [2.24, 2.45) is 0 Å². The standard InChI is InChI=1S/C18H21N7O3/c1-25(2)18-24-23-16(28-18)12-9-11-10-19-7-6-13(11)20-15(12)22-17(26)21-14-5-3-4-8-27-14/h6-7,9-10,14H,3-5,8H2,1-2H3,(H2,20,21,22,26). The summed E-state index contributed by atoms with van der Waals surface area (Å²) in [7, 11) is 3.60. The number of carbonyl (C=O) groups excluding carboxylic acids is 1. The molecular formula is C18H21N7O3. The summed E-state index contributed by atoms with van der Waals surface area (Å²) in [6, 6.07) is 3.54. The van der Waals surface area contributed by atoms with Crippen LogP contribution < -0.4 is 15.5 Å². The van der Waals surface area contributed by atoms with Gasteiger partial charge in [0.05, 0.1) is 11.1 Å². The Balaban J connectivity index is 1.65. The van der Waals surface area contributed by atoms with Crippen molar-refractivity contribution in [1.29, 1.82) is 0 Å². The Morgan fingerprint density at radius 1 is 1.29 bits per heavy atom. The smallest absolute Gasteiger partial charge is 0.322 e. The number of carbonyl (C=O) groups is 1. The van der Waals surface area contributed by atoms with Crippen LogP contribution in [-0.2, 0) is 4.74 Å². The largest absolute Gasteiger partial charge is 0.403 e. The normalized spacial score (nSPS) is 16.7. The van der Waals surface area contributed by atoms with Crippen molar-refractivity contribution < 1.29 is 13.9 Å². The highest BCUT2D eigenvalue weighted by molar-refractivity contribution is 5.95. The minimum absolute atomic E-state index is 0.256. The van der Waals surface area contributed by atoms with E-state index in [-0.39, 0.29) is 12.1 Å². The first-order valence-electron chi connectivity index (χ1n) is 9.05. The number of pyridine rings is 2. The predicted octanol–water partition coefficient (Wildman–Crippen LogP) is 2.39. The Morgan fingerprint density at radius 3 is 2.93 bits per heavy atom. The molecule has 3 aromatic heterocycles. The third-order valence-electron chi connectivity index (χ3n) is 4.35. The number of ether oxygens (including phenoxy) is 1. The molecule has 146 valence electrons.